The van der Waals surface area contributed by atoms with Gasteiger partial charge in [-0.15, -0.1) is 16.9 Å². The zero-order valence-electron chi connectivity index (χ0n) is 26.1. The Morgan fingerprint density at radius 2 is 1.78 bits per heavy atom. The van der Waals surface area contributed by atoms with E-state index in [9.17, 15) is 18.8 Å². The summed E-state index contributed by atoms with van der Waals surface area (Å²) in [5, 5.41) is 4.40. The van der Waals surface area contributed by atoms with Crippen LogP contribution in [0.15, 0.2) is 75.8 Å². The largest absolute Gasteiger partial charge is 0.417 e. The number of pyridine rings is 1. The number of aromatic nitrogens is 5. The standard InChI is InChI=1S/C33H28F5N7O3S/c1-4-26(46)44-17(2)13-41(14-18(44)3)30-22-12-23(33(36,37)38)27(21-9-8-19(34)11-24(21)35)29-28(22)43(31(47)39-30)15-20(16-49-29)45-32(48)42-10-6-5-7-25(42)40-45/h4-12,17-18,20H,1,13-16H2,2-3H3/t17-,18+,20-/m0/s1. The van der Waals surface area contributed by atoms with Crippen molar-refractivity contribution in [1.82, 2.24) is 28.6 Å². The molecule has 254 valence electrons. The molecule has 2 aliphatic heterocycles. The topological polar surface area (TPSA) is 97.7 Å². The number of anilines is 1. The molecule has 1 saturated heterocycles. The number of hydrogen-bond donors (Lipinski definition) is 0. The van der Waals surface area contributed by atoms with E-state index in [0.29, 0.717) is 11.7 Å². The van der Waals surface area contributed by atoms with Crippen molar-refractivity contribution in [1.29, 1.82) is 0 Å². The van der Waals surface area contributed by atoms with E-state index in [1.165, 1.54) is 25.9 Å². The molecule has 0 bridgehead atoms. The minimum absolute atomic E-state index is 0.0217. The average molecular weight is 698 g/mol. The highest BCUT2D eigenvalue weighted by Crippen LogP contribution is 2.49. The SMILES string of the molecule is C=CC(=O)N1[C@H](C)CN(c2nc(=O)n3c4c(c(-c5ccc(F)cc5F)c(C(F)(F)F)cc24)SC[C@@H](n2nc4ccccn4c2=O)C3)C[C@@H]1C. The summed E-state index contributed by atoms with van der Waals surface area (Å²) in [5.74, 6) is -2.55. The van der Waals surface area contributed by atoms with Gasteiger partial charge in [-0.3, -0.25) is 13.8 Å². The molecule has 10 nitrogen and oxygen atoms in total. The number of fused-ring (bicyclic) bond motifs is 1. The molecule has 49 heavy (non-hydrogen) atoms. The zero-order chi connectivity index (χ0) is 34.9. The Kier molecular flexibility index (Phi) is 7.88. The molecule has 3 aromatic heterocycles. The van der Waals surface area contributed by atoms with E-state index in [0.717, 1.165) is 30.0 Å². The molecule has 0 aliphatic carbocycles. The van der Waals surface area contributed by atoms with E-state index in [1.807, 2.05) is 0 Å². The third-order valence-corrected chi connectivity index (χ3v) is 10.2. The van der Waals surface area contributed by atoms with Crippen molar-refractivity contribution >= 4 is 40.0 Å². The molecule has 3 atom stereocenters. The van der Waals surface area contributed by atoms with Gasteiger partial charge in [0.1, 0.15) is 17.5 Å². The molecular formula is C33H28F5N7O3S. The molecule has 2 aliphatic rings. The van der Waals surface area contributed by atoms with Gasteiger partial charge >= 0.3 is 17.6 Å². The van der Waals surface area contributed by atoms with Crippen molar-refractivity contribution in [2.24, 2.45) is 0 Å². The lowest BCUT2D eigenvalue weighted by molar-refractivity contribution is -0.137. The van der Waals surface area contributed by atoms with E-state index in [4.69, 9.17) is 0 Å². The number of carbonyl (C=O) groups excluding carboxylic acids is 1. The lowest BCUT2D eigenvalue weighted by Crippen LogP contribution is -2.58. The Hall–Kier alpha value is -4.99. The summed E-state index contributed by atoms with van der Waals surface area (Å²) in [6.07, 6.45) is -2.30. The van der Waals surface area contributed by atoms with Gasteiger partial charge < -0.3 is 9.80 Å². The monoisotopic (exact) mass is 697 g/mol. The Labute approximate surface area is 279 Å². The quantitative estimate of drug-likeness (QED) is 0.190. The van der Waals surface area contributed by atoms with Crippen LogP contribution in [0.25, 0.3) is 27.7 Å². The molecule has 0 spiro atoms. The van der Waals surface area contributed by atoms with Gasteiger partial charge in [-0.25, -0.2) is 23.1 Å². The Morgan fingerprint density at radius 1 is 1.04 bits per heavy atom. The van der Waals surface area contributed by atoms with Gasteiger partial charge in [-0.1, -0.05) is 12.6 Å². The fraction of sp³-hybridized carbons (Fsp3) is 0.303. The first-order valence-corrected chi connectivity index (χ1v) is 16.3. The van der Waals surface area contributed by atoms with Crippen LogP contribution in [0.5, 0.6) is 0 Å². The van der Waals surface area contributed by atoms with E-state index in [1.54, 1.807) is 41.8 Å². The van der Waals surface area contributed by atoms with Gasteiger partial charge in [-0.05, 0) is 50.3 Å². The second-order valence-electron chi connectivity index (χ2n) is 12.1. The molecule has 1 fully saturated rings. The maximum Gasteiger partial charge on any atom is 0.417 e. The highest BCUT2D eigenvalue weighted by Gasteiger charge is 2.40. The lowest BCUT2D eigenvalue weighted by Gasteiger charge is -2.44. The normalized spacial score (nSPS) is 19.8. The molecule has 0 saturated carbocycles. The van der Waals surface area contributed by atoms with Crippen LogP contribution in [0.1, 0.15) is 25.5 Å². The van der Waals surface area contributed by atoms with Crippen molar-refractivity contribution in [3.05, 3.63) is 99.5 Å². The van der Waals surface area contributed by atoms with Crippen LogP contribution >= 0.6 is 11.8 Å². The number of hydrogen-bond acceptors (Lipinski definition) is 7. The summed E-state index contributed by atoms with van der Waals surface area (Å²) in [4.78, 5) is 47.5. The number of alkyl halides is 3. The second kappa shape index (κ2) is 11.9. The zero-order valence-corrected chi connectivity index (χ0v) is 26.9. The van der Waals surface area contributed by atoms with E-state index in [-0.39, 0.29) is 52.9 Å². The van der Waals surface area contributed by atoms with Crippen LogP contribution < -0.4 is 16.3 Å². The Balaban J connectivity index is 1.50. The summed E-state index contributed by atoms with van der Waals surface area (Å²) in [6, 6.07) is 6.46. The molecule has 0 radical (unpaired) electrons. The number of thioether (sulfide) groups is 1. The highest BCUT2D eigenvalue weighted by atomic mass is 32.2. The highest BCUT2D eigenvalue weighted by molar-refractivity contribution is 7.99. The molecule has 16 heteroatoms. The summed E-state index contributed by atoms with van der Waals surface area (Å²) >= 11 is 0.921. The summed E-state index contributed by atoms with van der Waals surface area (Å²) in [7, 11) is 0. The molecule has 1 amide bonds. The van der Waals surface area contributed by atoms with Crippen molar-refractivity contribution in [3.8, 4) is 11.1 Å². The van der Waals surface area contributed by atoms with Crippen LogP contribution in [-0.4, -0.2) is 65.5 Å². The summed E-state index contributed by atoms with van der Waals surface area (Å²) in [6.45, 7) is 7.21. The number of piperazine rings is 1. The van der Waals surface area contributed by atoms with Crippen molar-refractivity contribution in [3.63, 3.8) is 0 Å². The third-order valence-electron chi connectivity index (χ3n) is 8.96. The van der Waals surface area contributed by atoms with Crippen LogP contribution in [0.2, 0.25) is 0 Å². The van der Waals surface area contributed by atoms with Crippen LogP contribution in [0.4, 0.5) is 27.8 Å². The van der Waals surface area contributed by atoms with Crippen LogP contribution in [0.3, 0.4) is 0 Å². The fourth-order valence-electron chi connectivity index (χ4n) is 6.93. The molecular weight excluding hydrogens is 669 g/mol. The number of rotatable bonds is 4. The Morgan fingerprint density at radius 3 is 2.43 bits per heavy atom. The summed E-state index contributed by atoms with van der Waals surface area (Å²) in [5.41, 5.74) is -3.19. The number of carbonyl (C=O) groups is 1. The summed E-state index contributed by atoms with van der Waals surface area (Å²) < 4.78 is 78.3. The lowest BCUT2D eigenvalue weighted by atomic mass is 9.95. The first-order chi connectivity index (χ1) is 23.3. The van der Waals surface area contributed by atoms with Gasteiger partial charge in [-0.2, -0.15) is 18.2 Å². The maximum atomic E-state index is 15.4. The maximum absolute atomic E-state index is 15.4. The van der Waals surface area contributed by atoms with E-state index < -0.39 is 64.0 Å². The number of benzene rings is 2. The van der Waals surface area contributed by atoms with Crippen molar-refractivity contribution in [2.75, 3.05) is 23.7 Å². The van der Waals surface area contributed by atoms with Gasteiger partial charge in [0.05, 0.1) is 23.7 Å². The average Bonchev–Trinajstić information content (AvgIpc) is 3.24. The van der Waals surface area contributed by atoms with Gasteiger partial charge in [0.15, 0.2) is 5.65 Å². The first kappa shape index (κ1) is 32.6. The number of amides is 1. The number of nitrogens with zero attached hydrogens (tertiary/aromatic N) is 7. The predicted molar refractivity (Wildman–Crippen MR) is 174 cm³/mol. The van der Waals surface area contributed by atoms with Crippen LogP contribution in [-0.2, 0) is 17.5 Å². The molecule has 2 aromatic carbocycles. The second-order valence-corrected chi connectivity index (χ2v) is 13.2. The van der Waals surface area contributed by atoms with Gasteiger partial charge in [0.2, 0.25) is 5.91 Å². The van der Waals surface area contributed by atoms with E-state index >= 15 is 17.6 Å². The third kappa shape index (κ3) is 5.37. The first-order valence-electron chi connectivity index (χ1n) is 15.3. The van der Waals surface area contributed by atoms with Gasteiger partial charge in [0, 0.05) is 64.6 Å². The smallest absolute Gasteiger partial charge is 0.352 e. The molecule has 5 heterocycles. The Bertz CT molecular complexity index is 2290. The minimum atomic E-state index is -5.01. The molecule has 0 N–H and O–H groups in total. The number of halogens is 5. The van der Waals surface area contributed by atoms with Gasteiger partial charge in [0.25, 0.3) is 0 Å². The molecule has 7 rings (SSSR count). The fourth-order valence-corrected chi connectivity index (χ4v) is 8.26. The predicted octanol–water partition coefficient (Wildman–Crippen LogP) is 5.13. The van der Waals surface area contributed by atoms with Crippen molar-refractivity contribution < 1.29 is 26.7 Å². The minimum Gasteiger partial charge on any atom is -0.352 e. The van der Waals surface area contributed by atoms with Crippen molar-refractivity contribution in [2.45, 2.75) is 49.6 Å². The van der Waals surface area contributed by atoms with E-state index in [2.05, 4.69) is 16.7 Å². The van der Waals surface area contributed by atoms with Crippen LogP contribution in [0, 0.1) is 11.6 Å². The molecule has 0 unspecified atom stereocenters. The molecule has 5 aromatic rings.